The highest BCUT2D eigenvalue weighted by molar-refractivity contribution is 7.16. The Bertz CT molecular complexity index is 1040. The van der Waals surface area contributed by atoms with Crippen LogP contribution in [0.4, 0.5) is 5.82 Å². The average Bonchev–Trinajstić information content (AvgIpc) is 3.08. The van der Waals surface area contributed by atoms with E-state index in [2.05, 4.69) is 26.3 Å². The van der Waals surface area contributed by atoms with Crippen molar-refractivity contribution < 1.29 is 0 Å². The first-order valence-corrected chi connectivity index (χ1v) is 9.11. The molecule has 0 unspecified atom stereocenters. The molecule has 124 valence electrons. The Morgan fingerprint density at radius 1 is 1.08 bits per heavy atom. The van der Waals surface area contributed by atoms with Crippen LogP contribution in [0, 0.1) is 6.92 Å². The van der Waals surface area contributed by atoms with Gasteiger partial charge in [-0.2, -0.15) is 0 Å². The summed E-state index contributed by atoms with van der Waals surface area (Å²) >= 11 is 7.84. The van der Waals surface area contributed by atoms with Gasteiger partial charge in [0.05, 0.1) is 21.4 Å². The van der Waals surface area contributed by atoms with Crippen LogP contribution in [0.3, 0.4) is 0 Å². The number of nitrogens with zero attached hydrogens (tertiary/aromatic N) is 3. The smallest absolute Gasteiger partial charge is 0.130 e. The van der Waals surface area contributed by atoms with Gasteiger partial charge in [-0.05, 0) is 30.7 Å². The topological polar surface area (TPSA) is 50.7 Å². The quantitative estimate of drug-likeness (QED) is 0.530. The van der Waals surface area contributed by atoms with Crippen LogP contribution in [0.1, 0.15) is 11.4 Å². The van der Waals surface area contributed by atoms with Crippen molar-refractivity contribution in [2.45, 2.75) is 13.5 Å². The lowest BCUT2D eigenvalue weighted by Gasteiger charge is -2.10. The summed E-state index contributed by atoms with van der Waals surface area (Å²) in [4.78, 5) is 13.4. The molecule has 4 rings (SSSR count). The van der Waals surface area contributed by atoms with Crippen molar-refractivity contribution in [1.82, 2.24) is 15.0 Å². The molecule has 0 radical (unpaired) electrons. The molecule has 0 aliphatic carbocycles. The van der Waals surface area contributed by atoms with Crippen LogP contribution in [0.25, 0.3) is 21.5 Å². The number of thiazole rings is 1. The predicted molar refractivity (Wildman–Crippen MR) is 104 cm³/mol. The summed E-state index contributed by atoms with van der Waals surface area (Å²) in [5.41, 5.74) is 5.85. The van der Waals surface area contributed by atoms with E-state index in [1.807, 2.05) is 54.9 Å². The van der Waals surface area contributed by atoms with E-state index in [0.29, 0.717) is 6.54 Å². The highest BCUT2D eigenvalue weighted by Crippen LogP contribution is 2.26. The molecular formula is C19H15ClN4S. The van der Waals surface area contributed by atoms with Gasteiger partial charge in [0.25, 0.3) is 0 Å². The zero-order chi connectivity index (χ0) is 17.2. The van der Waals surface area contributed by atoms with E-state index in [1.54, 1.807) is 11.3 Å². The predicted octanol–water partition coefficient (Wildman–Crippen LogP) is 5.33. The fraction of sp³-hybridized carbons (Fsp3) is 0.105. The Morgan fingerprint density at radius 2 is 1.96 bits per heavy atom. The lowest BCUT2D eigenvalue weighted by molar-refractivity contribution is 1.03. The number of benzene rings is 2. The molecule has 0 saturated heterocycles. The zero-order valence-electron chi connectivity index (χ0n) is 13.5. The first-order chi connectivity index (χ1) is 12.2. The summed E-state index contributed by atoms with van der Waals surface area (Å²) in [5.74, 6) is 1.51. The number of hydrogen-bond acceptors (Lipinski definition) is 5. The molecule has 0 aliphatic rings. The molecule has 2 aromatic carbocycles. The fourth-order valence-electron chi connectivity index (χ4n) is 2.65. The largest absolute Gasteiger partial charge is 0.366 e. The summed E-state index contributed by atoms with van der Waals surface area (Å²) in [5, 5.41) is 4.09. The van der Waals surface area contributed by atoms with Gasteiger partial charge in [-0.25, -0.2) is 15.0 Å². The van der Waals surface area contributed by atoms with Gasteiger partial charge in [0.15, 0.2) is 0 Å². The molecule has 25 heavy (non-hydrogen) atoms. The third-order valence-corrected chi connectivity index (χ3v) is 5.04. The summed E-state index contributed by atoms with van der Waals surface area (Å²) in [6.07, 6.45) is 0. The average molecular weight is 367 g/mol. The molecule has 6 heteroatoms. The number of hydrogen-bond donors (Lipinski definition) is 1. The molecule has 2 heterocycles. The maximum absolute atomic E-state index is 6.22. The normalized spacial score (nSPS) is 11.0. The lowest BCUT2D eigenvalue weighted by atomic mass is 10.1. The molecule has 2 aromatic heterocycles. The summed E-state index contributed by atoms with van der Waals surface area (Å²) in [6.45, 7) is 2.51. The van der Waals surface area contributed by atoms with Crippen molar-refractivity contribution in [3.8, 4) is 11.3 Å². The van der Waals surface area contributed by atoms with Gasteiger partial charge < -0.3 is 5.32 Å². The standard InChI is InChI=1S/C19H15ClN4S/c1-12-23-17(13-6-7-16-18(8-13)25-11-22-16)9-19(24-12)21-10-14-4-2-3-5-15(14)20/h2-9,11H,10H2,1H3,(H,21,23,24). The second kappa shape index (κ2) is 6.78. The maximum atomic E-state index is 6.22. The van der Waals surface area contributed by atoms with Gasteiger partial charge in [-0.1, -0.05) is 35.9 Å². The Hall–Kier alpha value is -2.50. The molecule has 0 spiro atoms. The van der Waals surface area contributed by atoms with Crippen molar-refractivity contribution in [3.05, 3.63) is 70.5 Å². The number of anilines is 1. The minimum atomic E-state index is 0.615. The maximum Gasteiger partial charge on any atom is 0.130 e. The van der Waals surface area contributed by atoms with Crippen LogP contribution in [-0.4, -0.2) is 15.0 Å². The summed E-state index contributed by atoms with van der Waals surface area (Å²) in [7, 11) is 0. The SMILES string of the molecule is Cc1nc(NCc2ccccc2Cl)cc(-c2ccc3ncsc3c2)n1. The Balaban J connectivity index is 1.63. The lowest BCUT2D eigenvalue weighted by Crippen LogP contribution is -2.04. The first-order valence-electron chi connectivity index (χ1n) is 7.85. The van der Waals surface area contributed by atoms with Crippen molar-refractivity contribution >= 4 is 39.0 Å². The molecule has 0 amide bonds. The van der Waals surface area contributed by atoms with Crippen LogP contribution in [0.15, 0.2) is 54.0 Å². The van der Waals surface area contributed by atoms with Crippen LogP contribution in [-0.2, 0) is 6.54 Å². The van der Waals surface area contributed by atoms with Gasteiger partial charge in [-0.15, -0.1) is 11.3 Å². The van der Waals surface area contributed by atoms with Gasteiger partial charge >= 0.3 is 0 Å². The molecule has 4 aromatic rings. The van der Waals surface area contributed by atoms with E-state index in [4.69, 9.17) is 11.6 Å². The van der Waals surface area contributed by atoms with E-state index < -0.39 is 0 Å². The Morgan fingerprint density at radius 3 is 2.84 bits per heavy atom. The first kappa shape index (κ1) is 16.0. The van der Waals surface area contributed by atoms with Gasteiger partial charge in [0.1, 0.15) is 11.6 Å². The third-order valence-electron chi connectivity index (χ3n) is 3.88. The highest BCUT2D eigenvalue weighted by atomic mass is 35.5. The van der Waals surface area contributed by atoms with E-state index in [9.17, 15) is 0 Å². The summed E-state index contributed by atoms with van der Waals surface area (Å²) < 4.78 is 1.15. The molecular weight excluding hydrogens is 352 g/mol. The van der Waals surface area contributed by atoms with E-state index in [0.717, 1.165) is 43.7 Å². The van der Waals surface area contributed by atoms with Gasteiger partial charge in [-0.3, -0.25) is 0 Å². The number of halogens is 1. The minimum absolute atomic E-state index is 0.615. The third kappa shape index (κ3) is 3.48. The molecule has 1 N–H and O–H groups in total. The zero-order valence-corrected chi connectivity index (χ0v) is 15.1. The van der Waals surface area contributed by atoms with Crippen molar-refractivity contribution in [2.24, 2.45) is 0 Å². The number of nitrogens with one attached hydrogen (secondary N) is 1. The van der Waals surface area contributed by atoms with Gasteiger partial charge in [0, 0.05) is 23.2 Å². The van der Waals surface area contributed by atoms with Crippen LogP contribution < -0.4 is 5.32 Å². The van der Waals surface area contributed by atoms with Crippen LogP contribution >= 0.6 is 22.9 Å². The van der Waals surface area contributed by atoms with E-state index >= 15 is 0 Å². The number of fused-ring (bicyclic) bond motifs is 1. The number of rotatable bonds is 4. The summed E-state index contributed by atoms with van der Waals surface area (Å²) in [6, 6.07) is 15.9. The second-order valence-corrected chi connectivity index (χ2v) is 6.96. The molecule has 4 nitrogen and oxygen atoms in total. The van der Waals surface area contributed by atoms with E-state index in [-0.39, 0.29) is 0 Å². The molecule has 0 fully saturated rings. The molecule has 0 atom stereocenters. The number of aryl methyl sites for hydroxylation is 1. The van der Waals surface area contributed by atoms with Crippen molar-refractivity contribution in [2.75, 3.05) is 5.32 Å². The fourth-order valence-corrected chi connectivity index (χ4v) is 3.57. The number of aromatic nitrogens is 3. The van der Waals surface area contributed by atoms with E-state index in [1.165, 1.54) is 0 Å². The molecule has 0 bridgehead atoms. The minimum Gasteiger partial charge on any atom is -0.366 e. The Kier molecular flexibility index (Phi) is 4.34. The highest BCUT2D eigenvalue weighted by Gasteiger charge is 2.07. The second-order valence-electron chi connectivity index (χ2n) is 5.67. The van der Waals surface area contributed by atoms with Crippen molar-refractivity contribution in [3.63, 3.8) is 0 Å². The van der Waals surface area contributed by atoms with Gasteiger partial charge in [0.2, 0.25) is 0 Å². The monoisotopic (exact) mass is 366 g/mol. The van der Waals surface area contributed by atoms with Crippen LogP contribution in [0.5, 0.6) is 0 Å². The molecule has 0 aliphatic heterocycles. The molecule has 0 saturated carbocycles. The van der Waals surface area contributed by atoms with Crippen molar-refractivity contribution in [1.29, 1.82) is 0 Å². The Labute approximate surface area is 154 Å². The van der Waals surface area contributed by atoms with Crippen LogP contribution in [0.2, 0.25) is 5.02 Å².